The maximum Gasteiger partial charge on any atom is 0.0208 e. The Morgan fingerprint density at radius 3 is 2.13 bits per heavy atom. The second-order valence-corrected chi connectivity index (χ2v) is 3.71. The van der Waals surface area contributed by atoms with Crippen molar-refractivity contribution in [1.82, 2.24) is 4.90 Å². The molecular formula is C11H20Cl2N2. The molecule has 1 aromatic carbocycles. The van der Waals surface area contributed by atoms with E-state index in [-0.39, 0.29) is 30.9 Å². The van der Waals surface area contributed by atoms with Crippen LogP contribution in [0.5, 0.6) is 0 Å². The second kappa shape index (κ2) is 8.98. The molecule has 1 aromatic rings. The molecular weight excluding hydrogens is 231 g/mol. The van der Waals surface area contributed by atoms with Crippen molar-refractivity contribution < 1.29 is 0 Å². The van der Waals surface area contributed by atoms with Crippen LogP contribution in [-0.4, -0.2) is 31.6 Å². The lowest BCUT2D eigenvalue weighted by atomic mass is 10.1. The van der Waals surface area contributed by atoms with E-state index in [2.05, 4.69) is 29.2 Å². The van der Waals surface area contributed by atoms with Crippen molar-refractivity contribution in [2.75, 3.05) is 20.6 Å². The Kier molecular flexibility index (Phi) is 10.3. The first kappa shape index (κ1) is 17.1. The minimum absolute atomic E-state index is 0. The van der Waals surface area contributed by atoms with E-state index >= 15 is 0 Å². The highest BCUT2D eigenvalue weighted by Gasteiger charge is 2.04. The van der Waals surface area contributed by atoms with Crippen molar-refractivity contribution in [2.45, 2.75) is 12.5 Å². The van der Waals surface area contributed by atoms with Crippen LogP contribution in [0.4, 0.5) is 0 Å². The zero-order valence-corrected chi connectivity index (χ0v) is 10.9. The van der Waals surface area contributed by atoms with E-state index in [9.17, 15) is 0 Å². The van der Waals surface area contributed by atoms with Crippen molar-refractivity contribution in [1.29, 1.82) is 0 Å². The predicted octanol–water partition coefficient (Wildman–Crippen LogP) is 1.96. The van der Waals surface area contributed by atoms with Gasteiger partial charge in [-0.25, -0.2) is 0 Å². The molecule has 0 heterocycles. The van der Waals surface area contributed by atoms with Gasteiger partial charge in [0.05, 0.1) is 0 Å². The molecule has 4 heteroatoms. The van der Waals surface area contributed by atoms with Gasteiger partial charge in [0.15, 0.2) is 0 Å². The Morgan fingerprint density at radius 2 is 1.67 bits per heavy atom. The summed E-state index contributed by atoms with van der Waals surface area (Å²) >= 11 is 0. The molecule has 88 valence electrons. The van der Waals surface area contributed by atoms with Gasteiger partial charge in [0.2, 0.25) is 0 Å². The van der Waals surface area contributed by atoms with E-state index in [1.807, 2.05) is 20.2 Å². The molecule has 0 spiro atoms. The molecule has 0 aliphatic carbocycles. The molecule has 0 aromatic heterocycles. The topological polar surface area (TPSA) is 29.3 Å². The summed E-state index contributed by atoms with van der Waals surface area (Å²) in [7, 11) is 4.09. The van der Waals surface area contributed by atoms with Gasteiger partial charge in [0.25, 0.3) is 0 Å². The van der Waals surface area contributed by atoms with Gasteiger partial charge in [-0.3, -0.25) is 0 Å². The van der Waals surface area contributed by atoms with Crippen molar-refractivity contribution in [3.05, 3.63) is 35.9 Å². The lowest BCUT2D eigenvalue weighted by molar-refractivity contribution is 0.371. The molecule has 0 aliphatic heterocycles. The summed E-state index contributed by atoms with van der Waals surface area (Å²) in [5.74, 6) is 0. The van der Waals surface area contributed by atoms with Crippen LogP contribution >= 0.6 is 24.8 Å². The first-order chi connectivity index (χ1) is 6.18. The van der Waals surface area contributed by atoms with Gasteiger partial charge in [-0.05, 0) is 26.1 Å². The minimum atomic E-state index is 0. The first-order valence-corrected chi connectivity index (χ1v) is 4.62. The first-order valence-electron chi connectivity index (χ1n) is 4.62. The molecule has 0 saturated carbocycles. The molecule has 0 radical (unpaired) electrons. The maximum atomic E-state index is 5.96. The Balaban J connectivity index is 0. The van der Waals surface area contributed by atoms with Crippen molar-refractivity contribution in [3.63, 3.8) is 0 Å². The number of benzene rings is 1. The van der Waals surface area contributed by atoms with Gasteiger partial charge in [-0.15, -0.1) is 24.8 Å². The highest BCUT2D eigenvalue weighted by Crippen LogP contribution is 2.01. The summed E-state index contributed by atoms with van der Waals surface area (Å²) in [6.45, 7) is 0.939. The third kappa shape index (κ3) is 7.63. The van der Waals surface area contributed by atoms with Crippen LogP contribution in [0, 0.1) is 0 Å². The van der Waals surface area contributed by atoms with Gasteiger partial charge in [-0.1, -0.05) is 30.3 Å². The van der Waals surface area contributed by atoms with Gasteiger partial charge < -0.3 is 10.6 Å². The lowest BCUT2D eigenvalue weighted by Crippen LogP contribution is -2.34. The molecule has 0 aliphatic rings. The molecule has 0 amide bonds. The van der Waals surface area contributed by atoms with Gasteiger partial charge >= 0.3 is 0 Å². The zero-order valence-electron chi connectivity index (χ0n) is 9.22. The van der Waals surface area contributed by atoms with Crippen LogP contribution in [0.2, 0.25) is 0 Å². The fourth-order valence-electron chi connectivity index (χ4n) is 1.45. The highest BCUT2D eigenvalue weighted by molar-refractivity contribution is 5.85. The number of nitrogens with two attached hydrogens (primary N) is 1. The van der Waals surface area contributed by atoms with Crippen LogP contribution in [0.15, 0.2) is 30.3 Å². The highest BCUT2D eigenvalue weighted by atomic mass is 35.5. The zero-order chi connectivity index (χ0) is 9.68. The maximum absolute atomic E-state index is 5.96. The molecule has 1 atom stereocenters. The summed E-state index contributed by atoms with van der Waals surface area (Å²) in [4.78, 5) is 2.12. The summed E-state index contributed by atoms with van der Waals surface area (Å²) in [5, 5.41) is 0. The number of hydrogen-bond acceptors (Lipinski definition) is 2. The number of halogens is 2. The van der Waals surface area contributed by atoms with Crippen LogP contribution in [-0.2, 0) is 6.42 Å². The third-order valence-electron chi connectivity index (χ3n) is 1.94. The quantitative estimate of drug-likeness (QED) is 0.886. The SMILES string of the molecule is CN(C)CC(N)Cc1ccccc1.Cl.Cl. The Morgan fingerprint density at radius 1 is 1.13 bits per heavy atom. The predicted molar refractivity (Wildman–Crippen MR) is 71.2 cm³/mol. The summed E-state index contributed by atoms with van der Waals surface area (Å²) in [6, 6.07) is 10.6. The van der Waals surface area contributed by atoms with E-state index in [0.717, 1.165) is 13.0 Å². The summed E-state index contributed by atoms with van der Waals surface area (Å²) in [5.41, 5.74) is 7.28. The molecule has 0 bridgehead atoms. The molecule has 1 rings (SSSR count). The molecule has 0 saturated heterocycles. The molecule has 15 heavy (non-hydrogen) atoms. The second-order valence-electron chi connectivity index (χ2n) is 3.71. The fraction of sp³-hybridized carbons (Fsp3) is 0.455. The van der Waals surface area contributed by atoms with E-state index in [1.165, 1.54) is 5.56 Å². The minimum Gasteiger partial charge on any atom is -0.326 e. The monoisotopic (exact) mass is 250 g/mol. The Labute approximate surface area is 105 Å². The molecule has 2 nitrogen and oxygen atoms in total. The van der Waals surface area contributed by atoms with E-state index in [4.69, 9.17) is 5.73 Å². The molecule has 0 fully saturated rings. The normalized spacial score (nSPS) is 11.5. The average molecular weight is 251 g/mol. The summed E-state index contributed by atoms with van der Waals surface area (Å²) < 4.78 is 0. The standard InChI is InChI=1S/C11H18N2.2ClH/c1-13(2)9-11(12)8-10-6-4-3-5-7-10;;/h3-7,11H,8-9,12H2,1-2H3;2*1H. The van der Waals surface area contributed by atoms with Gasteiger partial charge in [-0.2, -0.15) is 0 Å². The van der Waals surface area contributed by atoms with E-state index in [1.54, 1.807) is 0 Å². The van der Waals surface area contributed by atoms with Gasteiger partial charge in [0.1, 0.15) is 0 Å². The van der Waals surface area contributed by atoms with E-state index in [0.29, 0.717) is 0 Å². The van der Waals surface area contributed by atoms with Crippen LogP contribution in [0.25, 0.3) is 0 Å². The molecule has 1 unspecified atom stereocenters. The Bertz CT molecular complexity index is 240. The van der Waals surface area contributed by atoms with Crippen molar-refractivity contribution in [3.8, 4) is 0 Å². The van der Waals surface area contributed by atoms with Gasteiger partial charge in [0, 0.05) is 12.6 Å². The largest absolute Gasteiger partial charge is 0.326 e. The van der Waals surface area contributed by atoms with Crippen molar-refractivity contribution in [2.24, 2.45) is 5.73 Å². The number of likely N-dealkylation sites (N-methyl/N-ethyl adjacent to an activating group) is 1. The third-order valence-corrected chi connectivity index (χ3v) is 1.94. The smallest absolute Gasteiger partial charge is 0.0208 e. The van der Waals surface area contributed by atoms with Crippen LogP contribution in [0.3, 0.4) is 0 Å². The Hall–Kier alpha value is -0.280. The number of rotatable bonds is 4. The number of hydrogen-bond donors (Lipinski definition) is 1. The fourth-order valence-corrected chi connectivity index (χ4v) is 1.45. The average Bonchev–Trinajstić information content (AvgIpc) is 2.04. The number of nitrogens with zero attached hydrogens (tertiary/aromatic N) is 1. The van der Waals surface area contributed by atoms with Crippen LogP contribution < -0.4 is 5.73 Å². The van der Waals surface area contributed by atoms with Crippen molar-refractivity contribution >= 4 is 24.8 Å². The molecule has 2 N–H and O–H groups in total. The van der Waals surface area contributed by atoms with E-state index < -0.39 is 0 Å². The lowest BCUT2D eigenvalue weighted by Gasteiger charge is -2.16. The van der Waals surface area contributed by atoms with Crippen LogP contribution in [0.1, 0.15) is 5.56 Å². The summed E-state index contributed by atoms with van der Waals surface area (Å²) in [6.07, 6.45) is 0.957.